The van der Waals surface area contributed by atoms with Crippen molar-refractivity contribution in [1.29, 1.82) is 0 Å². The van der Waals surface area contributed by atoms with Gasteiger partial charge in [0.1, 0.15) is 5.82 Å². The van der Waals surface area contributed by atoms with Crippen LogP contribution in [-0.4, -0.2) is 11.0 Å². The van der Waals surface area contributed by atoms with E-state index in [0.717, 1.165) is 12.8 Å². The summed E-state index contributed by atoms with van der Waals surface area (Å²) < 4.78 is 0. The van der Waals surface area contributed by atoms with Gasteiger partial charge in [0.2, 0.25) is 0 Å². The highest BCUT2D eigenvalue weighted by Gasteiger charge is 2.11. The second kappa shape index (κ2) is 6.13. The molecule has 0 amide bonds. The van der Waals surface area contributed by atoms with Crippen molar-refractivity contribution in [3.05, 3.63) is 16.1 Å². The summed E-state index contributed by atoms with van der Waals surface area (Å²) in [6.07, 6.45) is 2.01. The zero-order valence-corrected chi connectivity index (χ0v) is 10.9. The minimum Gasteiger partial charge on any atom is -0.366 e. The van der Waals surface area contributed by atoms with Crippen molar-refractivity contribution in [2.45, 2.75) is 32.7 Å². The molecule has 0 saturated heterocycles. The molecule has 4 N–H and O–H groups in total. The standard InChI is InChI=1S/C10H16Cl2N4/c1-3-6(4-2)14-9-7(11)5-8(12)10(15-9)16-13/h5-6H,3-4,13H2,1-2H3,(H2,14,15,16). The zero-order chi connectivity index (χ0) is 12.1. The van der Waals surface area contributed by atoms with Gasteiger partial charge in [-0.05, 0) is 18.9 Å². The number of hydrogen-bond acceptors (Lipinski definition) is 4. The third-order valence-corrected chi connectivity index (χ3v) is 2.97. The number of hydrogen-bond donors (Lipinski definition) is 3. The number of nitrogens with two attached hydrogens (primary N) is 1. The highest BCUT2D eigenvalue weighted by Crippen LogP contribution is 2.29. The number of aromatic nitrogens is 1. The number of nitrogens with one attached hydrogen (secondary N) is 2. The van der Waals surface area contributed by atoms with Crippen LogP contribution in [0.25, 0.3) is 0 Å². The summed E-state index contributed by atoms with van der Waals surface area (Å²) in [5.74, 6) is 6.32. The minimum atomic E-state index is 0.344. The summed E-state index contributed by atoms with van der Waals surface area (Å²) in [6, 6.07) is 1.97. The van der Waals surface area contributed by atoms with Crippen LogP contribution in [-0.2, 0) is 0 Å². The number of anilines is 2. The molecule has 6 heteroatoms. The second-order valence-electron chi connectivity index (χ2n) is 3.45. The first kappa shape index (κ1) is 13.4. The van der Waals surface area contributed by atoms with Gasteiger partial charge in [0.15, 0.2) is 5.82 Å². The maximum absolute atomic E-state index is 6.04. The van der Waals surface area contributed by atoms with Gasteiger partial charge in [-0.15, -0.1) is 0 Å². The molecule has 1 aromatic heterocycles. The SMILES string of the molecule is CCC(CC)Nc1nc(NN)c(Cl)cc1Cl. The molecule has 0 bridgehead atoms. The highest BCUT2D eigenvalue weighted by molar-refractivity contribution is 6.37. The van der Waals surface area contributed by atoms with Crippen LogP contribution in [0.5, 0.6) is 0 Å². The van der Waals surface area contributed by atoms with Crippen molar-refractivity contribution < 1.29 is 0 Å². The Morgan fingerprint density at radius 2 is 1.81 bits per heavy atom. The molecule has 0 unspecified atom stereocenters. The van der Waals surface area contributed by atoms with Crippen molar-refractivity contribution in [3.63, 3.8) is 0 Å². The zero-order valence-electron chi connectivity index (χ0n) is 9.35. The molecule has 0 radical (unpaired) electrons. The molecule has 0 fully saturated rings. The predicted octanol–water partition coefficient (Wildman–Crippen LogP) is 3.27. The summed E-state index contributed by atoms with van der Waals surface area (Å²) in [6.45, 7) is 4.21. The van der Waals surface area contributed by atoms with E-state index in [1.807, 2.05) is 0 Å². The van der Waals surface area contributed by atoms with Crippen molar-refractivity contribution in [3.8, 4) is 0 Å². The number of nitrogens with zero attached hydrogens (tertiary/aromatic N) is 1. The third-order valence-electron chi connectivity index (χ3n) is 2.39. The van der Waals surface area contributed by atoms with Gasteiger partial charge in [0.25, 0.3) is 0 Å². The Labute approximate surface area is 105 Å². The lowest BCUT2D eigenvalue weighted by atomic mass is 10.2. The van der Waals surface area contributed by atoms with Crippen LogP contribution < -0.4 is 16.6 Å². The first-order chi connectivity index (χ1) is 7.62. The Bertz CT molecular complexity index is 353. The number of nitrogen functional groups attached to an aromatic ring is 1. The molecule has 16 heavy (non-hydrogen) atoms. The maximum Gasteiger partial charge on any atom is 0.161 e. The Morgan fingerprint density at radius 3 is 2.31 bits per heavy atom. The van der Waals surface area contributed by atoms with E-state index < -0.39 is 0 Å². The monoisotopic (exact) mass is 262 g/mol. The average molecular weight is 263 g/mol. The highest BCUT2D eigenvalue weighted by atomic mass is 35.5. The molecule has 1 rings (SSSR count). The van der Waals surface area contributed by atoms with E-state index in [1.54, 1.807) is 6.07 Å². The van der Waals surface area contributed by atoms with E-state index in [1.165, 1.54) is 0 Å². The lowest BCUT2D eigenvalue weighted by Crippen LogP contribution is -2.19. The summed E-state index contributed by atoms with van der Waals surface area (Å²) in [4.78, 5) is 4.21. The first-order valence-corrected chi connectivity index (χ1v) is 5.97. The van der Waals surface area contributed by atoms with E-state index in [4.69, 9.17) is 29.0 Å². The Morgan fingerprint density at radius 1 is 1.25 bits per heavy atom. The molecular weight excluding hydrogens is 247 g/mol. The molecule has 0 aliphatic rings. The Hall–Kier alpha value is -0.710. The topological polar surface area (TPSA) is 63.0 Å². The van der Waals surface area contributed by atoms with Gasteiger partial charge >= 0.3 is 0 Å². The van der Waals surface area contributed by atoms with Crippen molar-refractivity contribution >= 4 is 34.8 Å². The molecule has 1 aromatic rings. The molecule has 1 heterocycles. The fourth-order valence-corrected chi connectivity index (χ4v) is 1.82. The van der Waals surface area contributed by atoms with Crippen LogP contribution in [0.15, 0.2) is 6.07 Å². The van der Waals surface area contributed by atoms with Crippen LogP contribution in [0.4, 0.5) is 11.6 Å². The fraction of sp³-hybridized carbons (Fsp3) is 0.500. The Balaban J connectivity index is 2.95. The van der Waals surface area contributed by atoms with Gasteiger partial charge < -0.3 is 10.7 Å². The molecule has 90 valence electrons. The Kier molecular flexibility index (Phi) is 5.12. The van der Waals surface area contributed by atoms with Gasteiger partial charge in [-0.2, -0.15) is 0 Å². The number of hydrazine groups is 1. The van der Waals surface area contributed by atoms with Gasteiger partial charge in [0.05, 0.1) is 10.0 Å². The molecule has 4 nitrogen and oxygen atoms in total. The van der Waals surface area contributed by atoms with Crippen molar-refractivity contribution in [2.75, 3.05) is 10.7 Å². The third kappa shape index (κ3) is 3.14. The lowest BCUT2D eigenvalue weighted by molar-refractivity contribution is 0.669. The second-order valence-corrected chi connectivity index (χ2v) is 4.27. The summed E-state index contributed by atoms with van der Waals surface area (Å²) in [5.41, 5.74) is 2.43. The number of pyridine rings is 1. The molecule has 0 saturated carbocycles. The summed E-state index contributed by atoms with van der Waals surface area (Å²) in [5, 5.41) is 4.15. The molecule has 0 atom stereocenters. The van der Waals surface area contributed by atoms with Gasteiger partial charge in [0, 0.05) is 6.04 Å². The van der Waals surface area contributed by atoms with E-state index in [0.29, 0.717) is 27.7 Å². The van der Waals surface area contributed by atoms with E-state index in [2.05, 4.69) is 29.6 Å². The van der Waals surface area contributed by atoms with Crippen molar-refractivity contribution in [2.24, 2.45) is 5.84 Å². The molecular formula is C10H16Cl2N4. The minimum absolute atomic E-state index is 0.344. The lowest BCUT2D eigenvalue weighted by Gasteiger charge is -2.17. The van der Waals surface area contributed by atoms with Crippen LogP contribution >= 0.6 is 23.2 Å². The van der Waals surface area contributed by atoms with E-state index in [9.17, 15) is 0 Å². The fourth-order valence-electron chi connectivity index (χ4n) is 1.36. The number of rotatable bonds is 5. The van der Waals surface area contributed by atoms with Crippen LogP contribution in [0.2, 0.25) is 10.0 Å². The van der Waals surface area contributed by atoms with E-state index >= 15 is 0 Å². The van der Waals surface area contributed by atoms with Crippen LogP contribution in [0.1, 0.15) is 26.7 Å². The largest absolute Gasteiger partial charge is 0.366 e. The molecule has 0 aliphatic heterocycles. The average Bonchev–Trinajstić information content (AvgIpc) is 2.28. The van der Waals surface area contributed by atoms with Crippen LogP contribution in [0.3, 0.4) is 0 Å². The maximum atomic E-state index is 6.04. The van der Waals surface area contributed by atoms with Gasteiger partial charge in [-0.1, -0.05) is 37.0 Å². The quantitative estimate of drug-likeness (QED) is 0.563. The molecule has 0 aromatic carbocycles. The summed E-state index contributed by atoms with van der Waals surface area (Å²) in [7, 11) is 0. The van der Waals surface area contributed by atoms with Crippen molar-refractivity contribution in [1.82, 2.24) is 4.98 Å². The van der Waals surface area contributed by atoms with E-state index in [-0.39, 0.29) is 0 Å². The molecule has 0 aliphatic carbocycles. The van der Waals surface area contributed by atoms with Gasteiger partial charge in [-0.3, -0.25) is 0 Å². The van der Waals surface area contributed by atoms with Gasteiger partial charge in [-0.25, -0.2) is 10.8 Å². The van der Waals surface area contributed by atoms with Crippen LogP contribution in [0, 0.1) is 0 Å². The first-order valence-electron chi connectivity index (χ1n) is 5.21. The molecule has 0 spiro atoms. The summed E-state index contributed by atoms with van der Waals surface area (Å²) >= 11 is 11.9. The smallest absolute Gasteiger partial charge is 0.161 e. The number of halogens is 2. The predicted molar refractivity (Wildman–Crippen MR) is 70.1 cm³/mol. The normalized spacial score (nSPS) is 10.6.